The van der Waals surface area contributed by atoms with Crippen molar-refractivity contribution in [2.75, 3.05) is 7.11 Å². The zero-order valence-corrected chi connectivity index (χ0v) is 10.9. The van der Waals surface area contributed by atoms with Gasteiger partial charge in [0.05, 0.1) is 13.2 Å². The summed E-state index contributed by atoms with van der Waals surface area (Å²) >= 11 is 0. The molecular weight excluding hydrogens is 222 g/mol. The van der Waals surface area contributed by atoms with Crippen LogP contribution >= 0.6 is 0 Å². The minimum absolute atomic E-state index is 0.0364. The second kappa shape index (κ2) is 3.85. The Morgan fingerprint density at radius 3 is 2.67 bits per heavy atom. The molecule has 18 heavy (non-hydrogen) atoms. The first-order chi connectivity index (χ1) is 8.63. The summed E-state index contributed by atoms with van der Waals surface area (Å²) in [5, 5.41) is 0. The van der Waals surface area contributed by atoms with Crippen molar-refractivity contribution >= 4 is 0 Å². The lowest BCUT2D eigenvalue weighted by atomic mass is 9.97. The van der Waals surface area contributed by atoms with Gasteiger partial charge in [-0.1, -0.05) is 29.8 Å². The quantitative estimate of drug-likeness (QED) is 0.828. The second-order valence-corrected chi connectivity index (χ2v) is 4.95. The number of fused-ring (bicyclic) bond motifs is 3. The summed E-state index contributed by atoms with van der Waals surface area (Å²) in [6.45, 7) is 4.25. The summed E-state index contributed by atoms with van der Waals surface area (Å²) in [6.07, 6.45) is 0. The summed E-state index contributed by atoms with van der Waals surface area (Å²) in [4.78, 5) is 0. The summed E-state index contributed by atoms with van der Waals surface area (Å²) in [5.74, 6) is 0.909. The first-order valence-electron chi connectivity index (χ1n) is 6.17. The van der Waals surface area contributed by atoms with Crippen molar-refractivity contribution in [1.29, 1.82) is 0 Å². The van der Waals surface area contributed by atoms with Crippen LogP contribution in [0.1, 0.15) is 28.3 Å². The standard InChI is InChI=1S/C16H17NO/c1-9-7-10(2)14-12(8-9)15-11(16(14)17)5-4-6-13(15)18-3/h4-8,16H,17H2,1-3H3. The fraction of sp³-hybridized carbons (Fsp3) is 0.250. The molecule has 1 unspecified atom stereocenters. The van der Waals surface area contributed by atoms with Gasteiger partial charge in [0.15, 0.2) is 0 Å². The molecule has 0 aliphatic heterocycles. The van der Waals surface area contributed by atoms with E-state index in [2.05, 4.69) is 32.0 Å². The van der Waals surface area contributed by atoms with Crippen molar-refractivity contribution in [2.24, 2.45) is 5.73 Å². The lowest BCUT2D eigenvalue weighted by Crippen LogP contribution is -2.09. The molecule has 3 rings (SSSR count). The van der Waals surface area contributed by atoms with E-state index < -0.39 is 0 Å². The third-order valence-electron chi connectivity index (χ3n) is 3.72. The van der Waals surface area contributed by atoms with Crippen LogP contribution < -0.4 is 10.5 Å². The molecule has 2 heteroatoms. The van der Waals surface area contributed by atoms with Gasteiger partial charge in [0.25, 0.3) is 0 Å². The Labute approximate surface area is 107 Å². The van der Waals surface area contributed by atoms with Crippen LogP contribution in [0.3, 0.4) is 0 Å². The average molecular weight is 239 g/mol. The van der Waals surface area contributed by atoms with Crippen LogP contribution in [0.5, 0.6) is 5.75 Å². The van der Waals surface area contributed by atoms with Gasteiger partial charge in [-0.25, -0.2) is 0 Å². The molecule has 0 aromatic heterocycles. The summed E-state index contributed by atoms with van der Waals surface area (Å²) < 4.78 is 5.49. The number of aryl methyl sites for hydroxylation is 2. The number of ether oxygens (including phenoxy) is 1. The van der Waals surface area contributed by atoms with E-state index in [9.17, 15) is 0 Å². The van der Waals surface area contributed by atoms with Crippen LogP contribution in [0.2, 0.25) is 0 Å². The van der Waals surface area contributed by atoms with E-state index in [1.165, 1.54) is 22.3 Å². The Kier molecular flexibility index (Phi) is 2.42. The maximum Gasteiger partial charge on any atom is 0.127 e. The van der Waals surface area contributed by atoms with Crippen molar-refractivity contribution in [1.82, 2.24) is 0 Å². The highest BCUT2D eigenvalue weighted by atomic mass is 16.5. The molecule has 2 N–H and O–H groups in total. The average Bonchev–Trinajstić information content (AvgIpc) is 2.63. The van der Waals surface area contributed by atoms with Gasteiger partial charge in [-0.15, -0.1) is 0 Å². The van der Waals surface area contributed by atoms with E-state index in [0.29, 0.717) is 0 Å². The Hall–Kier alpha value is -1.80. The van der Waals surface area contributed by atoms with Gasteiger partial charge in [-0.3, -0.25) is 0 Å². The molecule has 2 aromatic carbocycles. The lowest BCUT2D eigenvalue weighted by molar-refractivity contribution is 0.416. The topological polar surface area (TPSA) is 35.2 Å². The van der Waals surface area contributed by atoms with Crippen LogP contribution in [0, 0.1) is 13.8 Å². The molecular formula is C16H17NO. The number of methoxy groups -OCH3 is 1. The first kappa shape index (κ1) is 11.3. The normalized spacial score (nSPS) is 16.3. The van der Waals surface area contributed by atoms with E-state index in [1.54, 1.807) is 7.11 Å². The largest absolute Gasteiger partial charge is 0.496 e. The smallest absolute Gasteiger partial charge is 0.127 e. The Bertz CT molecular complexity index is 631. The van der Waals surface area contributed by atoms with Gasteiger partial charge in [-0.05, 0) is 42.2 Å². The minimum Gasteiger partial charge on any atom is -0.496 e. The number of rotatable bonds is 1. The highest BCUT2D eigenvalue weighted by Crippen LogP contribution is 2.48. The van der Waals surface area contributed by atoms with Crippen molar-refractivity contribution < 1.29 is 4.74 Å². The van der Waals surface area contributed by atoms with Crippen molar-refractivity contribution in [3.05, 3.63) is 52.6 Å². The van der Waals surface area contributed by atoms with E-state index >= 15 is 0 Å². The molecule has 2 nitrogen and oxygen atoms in total. The maximum atomic E-state index is 6.38. The third kappa shape index (κ3) is 1.39. The van der Waals surface area contributed by atoms with Crippen LogP contribution in [0.15, 0.2) is 30.3 Å². The van der Waals surface area contributed by atoms with Crippen molar-refractivity contribution in [3.63, 3.8) is 0 Å². The molecule has 1 aliphatic rings. The summed E-state index contributed by atoms with van der Waals surface area (Å²) in [5.41, 5.74) is 13.7. The van der Waals surface area contributed by atoms with Gasteiger partial charge in [0, 0.05) is 5.56 Å². The van der Waals surface area contributed by atoms with Gasteiger partial charge >= 0.3 is 0 Å². The maximum absolute atomic E-state index is 6.38. The molecule has 0 heterocycles. The SMILES string of the molecule is COc1cccc2c1-c1cc(C)cc(C)c1C2N. The lowest BCUT2D eigenvalue weighted by Gasteiger charge is -2.10. The van der Waals surface area contributed by atoms with Crippen LogP contribution in [0.4, 0.5) is 0 Å². The van der Waals surface area contributed by atoms with Gasteiger partial charge < -0.3 is 10.5 Å². The summed E-state index contributed by atoms with van der Waals surface area (Å²) in [7, 11) is 1.71. The van der Waals surface area contributed by atoms with Crippen molar-refractivity contribution in [3.8, 4) is 16.9 Å². The van der Waals surface area contributed by atoms with E-state index in [4.69, 9.17) is 10.5 Å². The number of benzene rings is 2. The number of hydrogen-bond donors (Lipinski definition) is 1. The molecule has 92 valence electrons. The Morgan fingerprint density at radius 2 is 1.94 bits per heavy atom. The van der Waals surface area contributed by atoms with E-state index in [1.807, 2.05) is 12.1 Å². The molecule has 0 spiro atoms. The fourth-order valence-electron chi connectivity index (χ4n) is 3.02. The Balaban J connectivity index is 2.38. The zero-order chi connectivity index (χ0) is 12.9. The van der Waals surface area contributed by atoms with Gasteiger partial charge in [0.2, 0.25) is 0 Å². The van der Waals surface area contributed by atoms with Gasteiger partial charge in [0.1, 0.15) is 5.75 Å². The predicted molar refractivity (Wildman–Crippen MR) is 73.9 cm³/mol. The van der Waals surface area contributed by atoms with Crippen molar-refractivity contribution in [2.45, 2.75) is 19.9 Å². The highest BCUT2D eigenvalue weighted by molar-refractivity contribution is 5.84. The molecule has 0 saturated heterocycles. The monoisotopic (exact) mass is 239 g/mol. The molecule has 2 aromatic rings. The minimum atomic E-state index is -0.0364. The molecule has 1 atom stereocenters. The second-order valence-electron chi connectivity index (χ2n) is 4.95. The van der Waals surface area contributed by atoms with Gasteiger partial charge in [-0.2, -0.15) is 0 Å². The highest BCUT2D eigenvalue weighted by Gasteiger charge is 2.29. The molecule has 0 saturated carbocycles. The molecule has 1 aliphatic carbocycles. The number of hydrogen-bond acceptors (Lipinski definition) is 2. The zero-order valence-electron chi connectivity index (χ0n) is 10.9. The van der Waals surface area contributed by atoms with Crippen LogP contribution in [-0.2, 0) is 0 Å². The third-order valence-corrected chi connectivity index (χ3v) is 3.72. The molecule has 0 fully saturated rings. The van der Waals surface area contributed by atoms with E-state index in [0.717, 1.165) is 16.9 Å². The fourth-order valence-corrected chi connectivity index (χ4v) is 3.02. The predicted octanol–water partition coefficient (Wildman–Crippen LogP) is 3.34. The first-order valence-corrected chi connectivity index (χ1v) is 6.17. The molecule has 0 bridgehead atoms. The number of nitrogens with two attached hydrogens (primary N) is 1. The van der Waals surface area contributed by atoms with Crippen LogP contribution in [0.25, 0.3) is 11.1 Å². The summed E-state index contributed by atoms with van der Waals surface area (Å²) in [6, 6.07) is 10.5. The molecule has 0 radical (unpaired) electrons. The van der Waals surface area contributed by atoms with Crippen LogP contribution in [-0.4, -0.2) is 7.11 Å². The van der Waals surface area contributed by atoms with E-state index in [-0.39, 0.29) is 6.04 Å². The molecule has 0 amide bonds. The Morgan fingerprint density at radius 1 is 1.17 bits per heavy atom.